The van der Waals surface area contributed by atoms with Gasteiger partial charge in [-0.3, -0.25) is 0 Å². The minimum absolute atomic E-state index is 1.49. The van der Waals surface area contributed by atoms with Crippen LogP contribution in [0.2, 0.25) is 0 Å². The molecule has 2 bridgehead atoms. The zero-order valence-electron chi connectivity index (χ0n) is 14.7. The van der Waals surface area contributed by atoms with Crippen molar-refractivity contribution in [3.63, 3.8) is 0 Å². The van der Waals surface area contributed by atoms with Crippen LogP contribution in [0.5, 0.6) is 0 Å². The Bertz CT molecular complexity index is 1080. The van der Waals surface area contributed by atoms with Crippen molar-refractivity contribution in [3.05, 3.63) is 103 Å². The van der Waals surface area contributed by atoms with Crippen LogP contribution in [-0.2, 0) is 0 Å². The summed E-state index contributed by atoms with van der Waals surface area (Å²) in [6.45, 7) is -2.14. The fourth-order valence-electron chi connectivity index (χ4n) is 5.36. The molecule has 0 saturated carbocycles. The highest BCUT2D eigenvalue weighted by atomic mass is 79.9. The van der Waals surface area contributed by atoms with E-state index in [2.05, 4.69) is 118 Å². The number of rotatable bonds is 1. The van der Waals surface area contributed by atoms with Crippen molar-refractivity contribution in [2.24, 2.45) is 0 Å². The van der Waals surface area contributed by atoms with E-state index in [4.69, 9.17) is 0 Å². The quantitative estimate of drug-likeness (QED) is 0.306. The first-order chi connectivity index (χ1) is 13.3. The zero-order valence-corrected chi connectivity index (χ0v) is 18.3. The van der Waals surface area contributed by atoms with E-state index in [1.807, 2.05) is 0 Å². The van der Waals surface area contributed by atoms with Gasteiger partial charge in [-0.15, -0.1) is 15.3 Å². The molecule has 27 heavy (non-hydrogen) atoms. The molecule has 0 aromatic heterocycles. The van der Waals surface area contributed by atoms with Gasteiger partial charge in [-0.05, 0) is 36.3 Å². The van der Waals surface area contributed by atoms with Gasteiger partial charge in [0.25, 0.3) is 0 Å². The smallest absolute Gasteiger partial charge is 0.108 e. The molecule has 3 aliphatic rings. The van der Waals surface area contributed by atoms with Crippen molar-refractivity contribution >= 4 is 66.4 Å². The van der Waals surface area contributed by atoms with E-state index < -0.39 is 14.8 Å². The van der Waals surface area contributed by atoms with Crippen LogP contribution in [0.15, 0.2) is 103 Å². The van der Waals surface area contributed by atoms with Crippen LogP contribution in [-0.4, -0.2) is 14.8 Å². The highest BCUT2D eigenvalue weighted by Crippen LogP contribution is 2.24. The van der Waals surface area contributed by atoms with E-state index in [0.717, 1.165) is 0 Å². The van der Waals surface area contributed by atoms with Gasteiger partial charge >= 0.3 is 0 Å². The van der Waals surface area contributed by atoms with Gasteiger partial charge in [0.2, 0.25) is 6.69 Å². The average Bonchev–Trinajstić information content (AvgIpc) is 2.75. The maximum absolute atomic E-state index is 4.39. The summed E-state index contributed by atoms with van der Waals surface area (Å²) in [5.74, 6) is 0. The molecule has 4 aromatic rings. The third kappa shape index (κ3) is 1.73. The van der Waals surface area contributed by atoms with Crippen LogP contribution in [0.4, 0.5) is 0 Å². The van der Waals surface area contributed by atoms with E-state index in [1.165, 1.54) is 5.19 Å². The van der Waals surface area contributed by atoms with Crippen LogP contribution < -0.4 is 36.3 Å². The Morgan fingerprint density at radius 1 is 0.407 bits per heavy atom. The molecule has 0 radical (unpaired) electrons. The first-order valence-corrected chi connectivity index (χ1v) is 15.6. The maximum atomic E-state index is 4.39. The Kier molecular flexibility index (Phi) is 3.17. The standard InChI is InChI=1S/C24H17BrSi2/c25-27-22-15-7-4-12-19(22)26(18-10-2-1-3-11-18,20-13-5-8-16-23(20)27)21-14-6-9-17-24(21)27/h1-17H. The molecule has 7 rings (SSSR count). The van der Waals surface area contributed by atoms with E-state index in [1.54, 1.807) is 31.1 Å². The minimum atomic E-state index is -2.27. The van der Waals surface area contributed by atoms with E-state index in [0.29, 0.717) is 0 Å². The van der Waals surface area contributed by atoms with Gasteiger partial charge in [0.05, 0.1) is 0 Å². The Balaban J connectivity index is 1.91. The van der Waals surface area contributed by atoms with Gasteiger partial charge in [-0.25, -0.2) is 0 Å². The van der Waals surface area contributed by atoms with Gasteiger partial charge in [0.15, 0.2) is 8.07 Å². The van der Waals surface area contributed by atoms with E-state index in [9.17, 15) is 0 Å². The SMILES string of the molecule is Br[Si]12c3ccccc3[Si](c3ccccc3)(c3ccccc31)c1ccccc12. The molecule has 3 heterocycles. The first kappa shape index (κ1) is 15.8. The summed E-state index contributed by atoms with van der Waals surface area (Å²) >= 11 is 4.39. The van der Waals surface area contributed by atoms with E-state index >= 15 is 0 Å². The molecule has 0 saturated heterocycles. The lowest BCUT2D eigenvalue weighted by Crippen LogP contribution is -2.97. The highest BCUT2D eigenvalue weighted by molar-refractivity contribution is 9.27. The number of halogens is 1. The predicted octanol–water partition coefficient (Wildman–Crippen LogP) is 1.05. The van der Waals surface area contributed by atoms with Crippen molar-refractivity contribution < 1.29 is 0 Å². The van der Waals surface area contributed by atoms with Crippen LogP contribution in [0.25, 0.3) is 0 Å². The summed E-state index contributed by atoms with van der Waals surface area (Å²) < 4.78 is 0. The Morgan fingerprint density at radius 2 is 0.741 bits per heavy atom. The third-order valence-electron chi connectivity index (χ3n) is 6.31. The number of hydrogen-bond acceptors (Lipinski definition) is 0. The van der Waals surface area contributed by atoms with Crippen molar-refractivity contribution in [2.75, 3.05) is 0 Å². The summed E-state index contributed by atoms with van der Waals surface area (Å²) in [7, 11) is -2.27. The predicted molar refractivity (Wildman–Crippen MR) is 124 cm³/mol. The zero-order chi connectivity index (χ0) is 18.1. The summed E-state index contributed by atoms with van der Waals surface area (Å²) in [6, 6.07) is 38.9. The molecule has 0 amide bonds. The van der Waals surface area contributed by atoms with Gasteiger partial charge in [-0.2, -0.15) is 0 Å². The molecule has 3 heteroatoms. The molecular weight excluding hydrogens is 424 g/mol. The molecule has 3 aliphatic heterocycles. The Labute approximate surface area is 169 Å². The molecule has 0 spiro atoms. The van der Waals surface area contributed by atoms with E-state index in [-0.39, 0.29) is 0 Å². The summed E-state index contributed by atoms with van der Waals surface area (Å²) in [5, 5.41) is 10.9. The maximum Gasteiger partial charge on any atom is 0.221 e. The minimum Gasteiger partial charge on any atom is -0.108 e. The molecule has 0 N–H and O–H groups in total. The molecule has 0 atom stereocenters. The van der Waals surface area contributed by atoms with Crippen LogP contribution in [0.1, 0.15) is 0 Å². The second-order valence-corrected chi connectivity index (χ2v) is 17.6. The molecule has 128 valence electrons. The second-order valence-electron chi connectivity index (χ2n) is 7.41. The summed E-state index contributed by atoms with van der Waals surface area (Å²) in [6.07, 6.45) is 0. The Morgan fingerprint density at radius 3 is 1.15 bits per heavy atom. The van der Waals surface area contributed by atoms with Gasteiger partial charge in [-0.1, -0.05) is 103 Å². The average molecular weight is 441 g/mol. The van der Waals surface area contributed by atoms with Crippen LogP contribution in [0, 0.1) is 0 Å². The Hall–Kier alpha value is -2.21. The lowest BCUT2D eigenvalue weighted by molar-refractivity contribution is 1.65. The van der Waals surface area contributed by atoms with Crippen molar-refractivity contribution in [3.8, 4) is 0 Å². The van der Waals surface area contributed by atoms with Gasteiger partial charge in [0.1, 0.15) is 0 Å². The third-order valence-corrected chi connectivity index (χ3v) is 19.4. The fourth-order valence-corrected chi connectivity index (χ4v) is 21.7. The molecule has 0 nitrogen and oxygen atoms in total. The summed E-state index contributed by atoms with van der Waals surface area (Å²) in [5.41, 5.74) is 0. The monoisotopic (exact) mass is 440 g/mol. The van der Waals surface area contributed by atoms with Crippen molar-refractivity contribution in [1.82, 2.24) is 0 Å². The van der Waals surface area contributed by atoms with Crippen LogP contribution in [0.3, 0.4) is 0 Å². The molecular formula is C24H17BrSi2. The molecule has 0 unspecified atom stereocenters. The fraction of sp³-hybridized carbons (Fsp3) is 0. The molecule has 0 fully saturated rings. The second kappa shape index (κ2) is 5.41. The van der Waals surface area contributed by atoms with Crippen LogP contribution >= 0.6 is 15.3 Å². The lowest BCUT2D eigenvalue weighted by Gasteiger charge is -2.52. The topological polar surface area (TPSA) is 0 Å². The first-order valence-electron chi connectivity index (χ1n) is 9.33. The molecule has 0 aliphatic carbocycles. The van der Waals surface area contributed by atoms with Gasteiger partial charge < -0.3 is 0 Å². The highest BCUT2D eigenvalue weighted by Gasteiger charge is 2.61. The van der Waals surface area contributed by atoms with Crippen molar-refractivity contribution in [1.29, 1.82) is 0 Å². The normalized spacial score (nSPS) is 24.0. The van der Waals surface area contributed by atoms with Crippen molar-refractivity contribution in [2.45, 2.75) is 0 Å². The number of benzene rings is 4. The number of hydrogen-bond donors (Lipinski definition) is 0. The largest absolute Gasteiger partial charge is 0.221 e. The molecule has 4 aromatic carbocycles. The van der Waals surface area contributed by atoms with Gasteiger partial charge in [0, 0.05) is 0 Å². The lowest BCUT2D eigenvalue weighted by atomic mass is 10.3. The summed E-state index contributed by atoms with van der Waals surface area (Å²) in [4.78, 5) is 0.